The third kappa shape index (κ3) is 25.8. The Bertz CT molecular complexity index is 514. The van der Waals surface area contributed by atoms with Crippen molar-refractivity contribution in [2.24, 2.45) is 5.92 Å². The fourth-order valence-electron chi connectivity index (χ4n) is 4.79. The van der Waals surface area contributed by atoms with E-state index < -0.39 is 11.9 Å². The molecule has 0 spiro atoms. The quantitative estimate of drug-likeness (QED) is 0.0648. The maximum absolute atomic E-state index is 11.7. The lowest BCUT2D eigenvalue weighted by Gasteiger charge is -2.11. The molecule has 1 atom stereocenters. The first kappa shape index (κ1) is 34.7. The predicted octanol–water partition coefficient (Wildman–Crippen LogP) is 10.2. The minimum absolute atomic E-state index is 0.00703. The van der Waals surface area contributed by atoms with Gasteiger partial charge in [-0.2, -0.15) is 0 Å². The van der Waals surface area contributed by atoms with Gasteiger partial charge in [-0.3, -0.25) is 9.59 Å². The number of carbonyl (C=O) groups is 2. The molecule has 0 aromatic carbocycles. The fraction of sp³-hybridized carbons (Fsp3) is 0.875. The smallest absolute Gasteiger partial charge is 0.307 e. The number of ether oxygens (including phenoxy) is 1. The van der Waals surface area contributed by atoms with Gasteiger partial charge in [0.25, 0.3) is 0 Å². The van der Waals surface area contributed by atoms with Crippen LogP contribution in [0.5, 0.6) is 0 Å². The maximum Gasteiger partial charge on any atom is 0.307 e. The van der Waals surface area contributed by atoms with Gasteiger partial charge in [0, 0.05) is 0 Å². The lowest BCUT2D eigenvalue weighted by molar-refractivity contribution is -0.151. The van der Waals surface area contributed by atoms with Crippen LogP contribution in [0.4, 0.5) is 0 Å². The second-order valence-electron chi connectivity index (χ2n) is 10.7. The second-order valence-corrected chi connectivity index (χ2v) is 10.7. The molecular formula is C32H60O4. The zero-order valence-corrected chi connectivity index (χ0v) is 24.1. The Morgan fingerprint density at radius 2 is 1.06 bits per heavy atom. The number of hydrogen-bond donors (Lipinski definition) is 1. The van der Waals surface area contributed by atoms with Crippen LogP contribution < -0.4 is 0 Å². The number of hydrogen-bond acceptors (Lipinski definition) is 3. The number of esters is 1. The Balaban J connectivity index is 3.31. The van der Waals surface area contributed by atoms with E-state index in [2.05, 4.69) is 19.1 Å². The van der Waals surface area contributed by atoms with Gasteiger partial charge in [0.05, 0.1) is 18.9 Å². The average Bonchev–Trinajstić information content (AvgIpc) is 2.87. The Morgan fingerprint density at radius 1 is 0.667 bits per heavy atom. The zero-order valence-electron chi connectivity index (χ0n) is 24.1. The van der Waals surface area contributed by atoms with Crippen molar-refractivity contribution >= 4 is 11.9 Å². The predicted molar refractivity (Wildman–Crippen MR) is 153 cm³/mol. The molecule has 0 radical (unpaired) electrons. The Kier molecular flexibility index (Phi) is 27.2. The van der Waals surface area contributed by atoms with Gasteiger partial charge in [-0.05, 0) is 32.6 Å². The number of allylic oxidation sites excluding steroid dienone is 2. The van der Waals surface area contributed by atoms with Gasteiger partial charge in [-0.1, -0.05) is 141 Å². The highest BCUT2D eigenvalue weighted by Crippen LogP contribution is 2.18. The van der Waals surface area contributed by atoms with Gasteiger partial charge in [0.15, 0.2) is 0 Å². The van der Waals surface area contributed by atoms with E-state index in [9.17, 15) is 14.7 Å². The molecule has 0 amide bonds. The van der Waals surface area contributed by atoms with Crippen molar-refractivity contribution in [3.05, 3.63) is 12.2 Å². The number of unbranched alkanes of at least 4 members (excludes halogenated alkanes) is 20. The lowest BCUT2D eigenvalue weighted by atomic mass is 9.97. The monoisotopic (exact) mass is 508 g/mol. The Labute approximate surface area is 224 Å². The minimum atomic E-state index is -0.874. The van der Waals surface area contributed by atoms with E-state index in [1.165, 1.54) is 122 Å². The number of carbonyl (C=O) groups excluding carboxylic acids is 1. The summed E-state index contributed by atoms with van der Waals surface area (Å²) in [6.07, 6.45) is 33.7. The third-order valence-corrected chi connectivity index (χ3v) is 7.14. The van der Waals surface area contributed by atoms with Gasteiger partial charge in [0.2, 0.25) is 0 Å². The molecule has 0 aliphatic heterocycles. The number of carboxylic acid groups (broad SMARTS) is 1. The van der Waals surface area contributed by atoms with Crippen molar-refractivity contribution in [3.8, 4) is 0 Å². The zero-order chi connectivity index (χ0) is 26.5. The molecule has 0 aromatic heterocycles. The van der Waals surface area contributed by atoms with Crippen molar-refractivity contribution < 1.29 is 19.4 Å². The normalized spacial score (nSPS) is 12.3. The highest BCUT2D eigenvalue weighted by molar-refractivity contribution is 5.78. The van der Waals surface area contributed by atoms with Crippen molar-refractivity contribution in [3.63, 3.8) is 0 Å². The largest absolute Gasteiger partial charge is 0.481 e. The Hall–Kier alpha value is -1.32. The van der Waals surface area contributed by atoms with Crippen molar-refractivity contribution in [2.45, 2.75) is 168 Å². The fourth-order valence-corrected chi connectivity index (χ4v) is 4.79. The van der Waals surface area contributed by atoms with Crippen LogP contribution in [-0.2, 0) is 14.3 Å². The lowest BCUT2D eigenvalue weighted by Crippen LogP contribution is -2.19. The first-order valence-corrected chi connectivity index (χ1v) is 15.6. The van der Waals surface area contributed by atoms with Crippen LogP contribution in [-0.4, -0.2) is 23.7 Å². The molecule has 0 aromatic rings. The van der Waals surface area contributed by atoms with E-state index in [1.54, 1.807) is 0 Å². The molecule has 212 valence electrons. The average molecular weight is 509 g/mol. The molecule has 0 saturated carbocycles. The molecule has 0 heterocycles. The molecule has 0 fully saturated rings. The highest BCUT2D eigenvalue weighted by Gasteiger charge is 2.21. The van der Waals surface area contributed by atoms with Gasteiger partial charge in [-0.15, -0.1) is 0 Å². The number of aliphatic carboxylic acids is 1. The highest BCUT2D eigenvalue weighted by atomic mass is 16.5. The van der Waals surface area contributed by atoms with Crippen molar-refractivity contribution in [1.82, 2.24) is 0 Å². The van der Waals surface area contributed by atoms with E-state index in [0.29, 0.717) is 13.0 Å². The van der Waals surface area contributed by atoms with Crippen LogP contribution in [0, 0.1) is 5.92 Å². The molecule has 0 rings (SSSR count). The SMILES string of the molecule is C/C=C/CCCCCCCCCCCCCCCCCCCCCCC(CC(=O)OCCC)C(=O)O. The number of rotatable bonds is 28. The van der Waals surface area contributed by atoms with Crippen LogP contribution in [0.1, 0.15) is 168 Å². The molecule has 1 N–H and O–H groups in total. The second kappa shape index (κ2) is 28.3. The molecule has 4 heteroatoms. The molecule has 1 unspecified atom stereocenters. The number of carboxylic acids is 1. The first-order valence-electron chi connectivity index (χ1n) is 15.6. The van der Waals surface area contributed by atoms with Crippen molar-refractivity contribution in [2.75, 3.05) is 6.61 Å². The minimum Gasteiger partial charge on any atom is -0.481 e. The van der Waals surface area contributed by atoms with Gasteiger partial charge >= 0.3 is 11.9 Å². The molecule has 36 heavy (non-hydrogen) atoms. The van der Waals surface area contributed by atoms with E-state index >= 15 is 0 Å². The summed E-state index contributed by atoms with van der Waals surface area (Å²) in [5.41, 5.74) is 0. The maximum atomic E-state index is 11.7. The van der Waals surface area contributed by atoms with Crippen LogP contribution in [0.25, 0.3) is 0 Å². The molecule has 4 nitrogen and oxygen atoms in total. The molecule has 0 aliphatic carbocycles. The Morgan fingerprint density at radius 3 is 1.42 bits per heavy atom. The van der Waals surface area contributed by atoms with Crippen molar-refractivity contribution in [1.29, 1.82) is 0 Å². The van der Waals surface area contributed by atoms with Gasteiger partial charge < -0.3 is 9.84 Å². The summed E-state index contributed by atoms with van der Waals surface area (Å²) < 4.78 is 5.02. The van der Waals surface area contributed by atoms with E-state index in [4.69, 9.17) is 4.74 Å². The summed E-state index contributed by atoms with van der Waals surface area (Å²) in [5, 5.41) is 9.32. The van der Waals surface area contributed by atoms with Gasteiger partial charge in [-0.25, -0.2) is 0 Å². The summed E-state index contributed by atoms with van der Waals surface area (Å²) in [6, 6.07) is 0. The third-order valence-electron chi connectivity index (χ3n) is 7.14. The molecule has 0 bridgehead atoms. The first-order chi connectivity index (χ1) is 17.6. The molecule has 0 saturated heterocycles. The summed E-state index contributed by atoms with van der Waals surface area (Å²) in [4.78, 5) is 23.0. The van der Waals surface area contributed by atoms with Gasteiger partial charge in [0.1, 0.15) is 0 Å². The summed E-state index contributed by atoms with van der Waals surface area (Å²) >= 11 is 0. The van der Waals surface area contributed by atoms with Crippen LogP contribution in [0.3, 0.4) is 0 Å². The molecular weight excluding hydrogens is 448 g/mol. The summed E-state index contributed by atoms with van der Waals surface area (Å²) in [6.45, 7) is 4.42. The van der Waals surface area contributed by atoms with E-state index in [0.717, 1.165) is 19.3 Å². The summed E-state index contributed by atoms with van der Waals surface area (Å²) in [5.74, 6) is -1.85. The standard InChI is InChI=1S/C32H60O4/c1-3-5-6-7-8-9-10-11-12-13-14-15-16-17-18-19-20-21-22-23-24-25-26-27-30(32(34)35)29-31(33)36-28-4-2/h3,5,30H,4,6-29H2,1-2H3,(H,34,35)/b5-3+. The van der Waals surface area contributed by atoms with E-state index in [-0.39, 0.29) is 12.4 Å². The van der Waals surface area contributed by atoms with Crippen LogP contribution in [0.2, 0.25) is 0 Å². The topological polar surface area (TPSA) is 63.6 Å². The van der Waals surface area contributed by atoms with E-state index in [1.807, 2.05) is 6.92 Å². The molecule has 0 aliphatic rings. The van der Waals surface area contributed by atoms with Crippen LogP contribution >= 0.6 is 0 Å². The summed E-state index contributed by atoms with van der Waals surface area (Å²) in [7, 11) is 0. The van der Waals surface area contributed by atoms with Crippen LogP contribution in [0.15, 0.2) is 12.2 Å².